The highest BCUT2D eigenvalue weighted by molar-refractivity contribution is 5.62. The van der Waals surface area contributed by atoms with Crippen molar-refractivity contribution in [2.75, 3.05) is 32.2 Å². The summed E-state index contributed by atoms with van der Waals surface area (Å²) in [5.74, 6) is 0. The molecule has 2 rings (SSSR count). The lowest BCUT2D eigenvalue weighted by molar-refractivity contribution is -0.385. The number of aliphatic hydroxyl groups excluding tert-OH is 1. The number of hydrogen-bond acceptors (Lipinski definition) is 6. The monoisotopic (exact) mass is 310 g/mol. The largest absolute Gasteiger partial charge is 0.393 e. The minimum atomic E-state index is -0.666. The number of ether oxygens (including phenoxy) is 2. The molecule has 1 aromatic rings. The molecule has 0 saturated carbocycles. The molecule has 7 nitrogen and oxygen atoms in total. The first kappa shape index (κ1) is 16.7. The van der Waals surface area contributed by atoms with Gasteiger partial charge in [0.1, 0.15) is 0 Å². The summed E-state index contributed by atoms with van der Waals surface area (Å²) in [6.45, 7) is 3.12. The van der Waals surface area contributed by atoms with Crippen LogP contribution >= 0.6 is 0 Å². The van der Waals surface area contributed by atoms with Crippen LogP contribution in [0.15, 0.2) is 12.1 Å². The third-order valence-corrected chi connectivity index (χ3v) is 4.03. The molecule has 0 radical (unpaired) electrons. The number of nitrogens with zero attached hydrogens (tertiary/aromatic N) is 2. The van der Waals surface area contributed by atoms with Gasteiger partial charge in [0.15, 0.2) is 6.29 Å². The van der Waals surface area contributed by atoms with Gasteiger partial charge in [0.05, 0.1) is 11.0 Å². The molecule has 0 bridgehead atoms. The maximum Gasteiger partial charge on any atom is 0.272 e. The number of nitro groups is 1. The van der Waals surface area contributed by atoms with Gasteiger partial charge in [0.25, 0.3) is 5.69 Å². The molecule has 0 amide bonds. The van der Waals surface area contributed by atoms with Crippen molar-refractivity contribution in [2.24, 2.45) is 0 Å². The summed E-state index contributed by atoms with van der Waals surface area (Å²) in [5.41, 5.74) is 2.15. The standard InChI is InChI=1S/C15H22N2O5/c1-10-8-14(16-6-4-11(18)5-7-16)12(15(21-2)22-3)9-13(10)17(19)20/h8-9,11,15,18H,4-7H2,1-3H3. The van der Waals surface area contributed by atoms with Gasteiger partial charge in [-0.3, -0.25) is 10.1 Å². The second-order valence-electron chi connectivity index (χ2n) is 5.48. The summed E-state index contributed by atoms with van der Waals surface area (Å²) < 4.78 is 10.6. The molecule has 7 heteroatoms. The van der Waals surface area contributed by atoms with Gasteiger partial charge in [0, 0.05) is 50.2 Å². The van der Waals surface area contributed by atoms with E-state index in [9.17, 15) is 15.2 Å². The fourth-order valence-electron chi connectivity index (χ4n) is 2.81. The van der Waals surface area contributed by atoms with Crippen LogP contribution in [-0.4, -0.2) is 43.4 Å². The van der Waals surface area contributed by atoms with Crippen LogP contribution in [0.2, 0.25) is 0 Å². The lowest BCUT2D eigenvalue weighted by Gasteiger charge is -2.34. The highest BCUT2D eigenvalue weighted by Crippen LogP contribution is 2.36. The van der Waals surface area contributed by atoms with Crippen molar-refractivity contribution >= 4 is 11.4 Å². The minimum absolute atomic E-state index is 0.0508. The van der Waals surface area contributed by atoms with Gasteiger partial charge in [-0.15, -0.1) is 0 Å². The Morgan fingerprint density at radius 2 is 1.91 bits per heavy atom. The molecule has 22 heavy (non-hydrogen) atoms. The highest BCUT2D eigenvalue weighted by Gasteiger charge is 2.26. The van der Waals surface area contributed by atoms with E-state index < -0.39 is 11.2 Å². The van der Waals surface area contributed by atoms with Crippen LogP contribution in [-0.2, 0) is 9.47 Å². The normalized spacial score (nSPS) is 16.3. The fraction of sp³-hybridized carbons (Fsp3) is 0.600. The van der Waals surface area contributed by atoms with Gasteiger partial charge in [-0.25, -0.2) is 0 Å². The van der Waals surface area contributed by atoms with Crippen LogP contribution in [0.25, 0.3) is 0 Å². The van der Waals surface area contributed by atoms with Crippen LogP contribution in [0.1, 0.15) is 30.3 Å². The van der Waals surface area contributed by atoms with Gasteiger partial charge in [0.2, 0.25) is 0 Å². The zero-order chi connectivity index (χ0) is 16.3. The Morgan fingerprint density at radius 3 is 2.41 bits per heavy atom. The maximum atomic E-state index is 11.2. The van der Waals surface area contributed by atoms with Crippen molar-refractivity contribution in [1.29, 1.82) is 0 Å². The number of benzene rings is 1. The molecular weight excluding hydrogens is 288 g/mol. The number of aliphatic hydroxyl groups is 1. The van der Waals surface area contributed by atoms with E-state index in [1.165, 1.54) is 20.3 Å². The van der Waals surface area contributed by atoms with Gasteiger partial charge < -0.3 is 19.5 Å². The zero-order valence-corrected chi connectivity index (χ0v) is 13.1. The summed E-state index contributed by atoms with van der Waals surface area (Å²) in [5, 5.41) is 20.8. The lowest BCUT2D eigenvalue weighted by atomic mass is 10.0. The van der Waals surface area contributed by atoms with E-state index in [-0.39, 0.29) is 11.8 Å². The lowest BCUT2D eigenvalue weighted by Crippen LogP contribution is -2.36. The number of nitro benzene ring substituents is 1. The van der Waals surface area contributed by atoms with Gasteiger partial charge in [-0.2, -0.15) is 0 Å². The van der Waals surface area contributed by atoms with Crippen LogP contribution in [0, 0.1) is 17.0 Å². The molecule has 1 aliphatic rings. The summed E-state index contributed by atoms with van der Waals surface area (Å²) in [6.07, 6.45) is 0.417. The molecule has 0 aliphatic carbocycles. The van der Waals surface area contributed by atoms with Crippen molar-refractivity contribution in [2.45, 2.75) is 32.2 Å². The van der Waals surface area contributed by atoms with E-state index in [4.69, 9.17) is 9.47 Å². The smallest absolute Gasteiger partial charge is 0.272 e. The van der Waals surface area contributed by atoms with Crippen LogP contribution in [0.3, 0.4) is 0 Å². The van der Waals surface area contributed by atoms with E-state index in [0.29, 0.717) is 37.1 Å². The van der Waals surface area contributed by atoms with Crippen molar-refractivity contribution in [3.8, 4) is 0 Å². The molecular formula is C15H22N2O5. The minimum Gasteiger partial charge on any atom is -0.393 e. The Labute approximate surface area is 129 Å². The van der Waals surface area contributed by atoms with E-state index in [2.05, 4.69) is 4.90 Å². The number of rotatable bonds is 5. The molecule has 1 saturated heterocycles. The Morgan fingerprint density at radius 1 is 1.32 bits per heavy atom. The average Bonchev–Trinajstić information content (AvgIpc) is 2.50. The second kappa shape index (κ2) is 7.04. The average molecular weight is 310 g/mol. The van der Waals surface area contributed by atoms with Crippen LogP contribution in [0.4, 0.5) is 11.4 Å². The van der Waals surface area contributed by atoms with Gasteiger partial charge in [-0.1, -0.05) is 0 Å². The molecule has 1 N–H and O–H groups in total. The Balaban J connectivity index is 2.46. The second-order valence-corrected chi connectivity index (χ2v) is 5.48. The number of piperidine rings is 1. The molecule has 0 atom stereocenters. The third kappa shape index (κ3) is 3.37. The predicted molar refractivity (Wildman–Crippen MR) is 82.0 cm³/mol. The highest BCUT2D eigenvalue weighted by atomic mass is 16.7. The van der Waals surface area contributed by atoms with E-state index in [1.54, 1.807) is 13.0 Å². The first-order chi connectivity index (χ1) is 10.5. The van der Waals surface area contributed by atoms with E-state index in [0.717, 1.165) is 5.69 Å². The van der Waals surface area contributed by atoms with Crippen molar-refractivity contribution in [1.82, 2.24) is 0 Å². The summed E-state index contributed by atoms with van der Waals surface area (Å²) in [7, 11) is 3.01. The molecule has 1 aliphatic heterocycles. The quantitative estimate of drug-likeness (QED) is 0.509. The number of hydrogen-bond donors (Lipinski definition) is 1. The Kier molecular flexibility index (Phi) is 5.33. The zero-order valence-electron chi connectivity index (χ0n) is 13.1. The molecule has 122 valence electrons. The van der Waals surface area contributed by atoms with Crippen LogP contribution < -0.4 is 4.90 Å². The molecule has 1 aromatic carbocycles. The first-order valence-electron chi connectivity index (χ1n) is 7.25. The number of methoxy groups -OCH3 is 2. The molecule has 1 heterocycles. The molecule has 0 aromatic heterocycles. The van der Waals surface area contributed by atoms with Crippen molar-refractivity contribution in [3.63, 3.8) is 0 Å². The molecule has 1 fully saturated rings. The Bertz CT molecular complexity index is 537. The van der Waals surface area contributed by atoms with Gasteiger partial charge >= 0.3 is 0 Å². The van der Waals surface area contributed by atoms with E-state index >= 15 is 0 Å². The van der Waals surface area contributed by atoms with Gasteiger partial charge in [-0.05, 0) is 25.8 Å². The summed E-state index contributed by atoms with van der Waals surface area (Å²) >= 11 is 0. The number of aryl methyl sites for hydroxylation is 1. The van der Waals surface area contributed by atoms with Crippen molar-refractivity contribution in [3.05, 3.63) is 33.4 Å². The van der Waals surface area contributed by atoms with Crippen molar-refractivity contribution < 1.29 is 19.5 Å². The predicted octanol–water partition coefficient (Wildman–Crippen LogP) is 2.16. The molecule has 0 spiro atoms. The summed E-state index contributed by atoms with van der Waals surface area (Å²) in [6, 6.07) is 3.32. The molecule has 0 unspecified atom stereocenters. The topological polar surface area (TPSA) is 85.1 Å². The number of anilines is 1. The first-order valence-corrected chi connectivity index (χ1v) is 7.25. The van der Waals surface area contributed by atoms with Crippen LogP contribution in [0.5, 0.6) is 0 Å². The third-order valence-electron chi connectivity index (χ3n) is 4.03. The van der Waals surface area contributed by atoms with E-state index in [1.807, 2.05) is 0 Å². The fourth-order valence-corrected chi connectivity index (χ4v) is 2.81. The Hall–Kier alpha value is -1.70. The summed E-state index contributed by atoms with van der Waals surface area (Å²) in [4.78, 5) is 12.9. The maximum absolute atomic E-state index is 11.2. The SMILES string of the molecule is COC(OC)c1cc([N+](=O)[O-])c(C)cc1N1CCC(O)CC1.